The number of rotatable bonds is 4. The number of ketones is 1. The Labute approximate surface area is 113 Å². The van der Waals surface area contributed by atoms with Crippen LogP contribution in [0.1, 0.15) is 10.6 Å². The fourth-order valence-corrected chi connectivity index (χ4v) is 3.51. The summed E-state index contributed by atoms with van der Waals surface area (Å²) in [6.07, 6.45) is 0.953. The number of thiophene rings is 1. The van der Waals surface area contributed by atoms with E-state index in [4.69, 9.17) is 0 Å². The van der Waals surface area contributed by atoms with Crippen LogP contribution in [0.4, 0.5) is 0 Å². The third-order valence-corrected chi connectivity index (χ3v) is 4.44. The van der Waals surface area contributed by atoms with Crippen molar-refractivity contribution in [2.24, 2.45) is 0 Å². The van der Waals surface area contributed by atoms with Gasteiger partial charge in [-0.1, -0.05) is 12.1 Å². The van der Waals surface area contributed by atoms with Crippen LogP contribution in [0.3, 0.4) is 0 Å². The number of benzene rings is 1. The smallest absolute Gasteiger partial charge is 0.144 e. The van der Waals surface area contributed by atoms with Crippen molar-refractivity contribution < 1.29 is 4.79 Å². The Hall–Kier alpha value is -1.52. The van der Waals surface area contributed by atoms with Crippen molar-refractivity contribution in [1.82, 2.24) is 4.98 Å². The maximum Gasteiger partial charge on any atom is 0.144 e. The normalized spacial score (nSPS) is 10.9. The van der Waals surface area contributed by atoms with Crippen LogP contribution < -0.4 is 0 Å². The maximum absolute atomic E-state index is 11.9. The molecule has 0 fully saturated rings. The maximum atomic E-state index is 11.9. The van der Waals surface area contributed by atoms with Gasteiger partial charge in [-0.05, 0) is 34.5 Å². The average molecular weight is 273 g/mol. The highest BCUT2D eigenvalue weighted by atomic mass is 32.1. The number of carbonyl (C=O) groups excluding carboxylic acids is 1. The van der Waals surface area contributed by atoms with E-state index in [0.29, 0.717) is 12.8 Å². The molecule has 1 aromatic carbocycles. The van der Waals surface area contributed by atoms with Gasteiger partial charge in [0.1, 0.15) is 10.8 Å². The molecule has 0 amide bonds. The predicted molar refractivity (Wildman–Crippen MR) is 76.4 cm³/mol. The van der Waals surface area contributed by atoms with Crippen molar-refractivity contribution >= 4 is 38.7 Å². The second-order valence-corrected chi connectivity index (χ2v) is 5.99. The lowest BCUT2D eigenvalue weighted by atomic mass is 10.1. The molecule has 18 heavy (non-hydrogen) atoms. The number of Topliss-reactive ketones (excluding diaryl/α,β-unsaturated/α-hetero) is 1. The lowest BCUT2D eigenvalue weighted by molar-refractivity contribution is -0.117. The summed E-state index contributed by atoms with van der Waals surface area (Å²) in [7, 11) is 0. The number of nitrogens with zero attached hydrogens (tertiary/aromatic N) is 1. The van der Waals surface area contributed by atoms with Crippen LogP contribution in [0.2, 0.25) is 0 Å². The first-order valence-corrected chi connectivity index (χ1v) is 7.44. The largest absolute Gasteiger partial charge is 0.299 e. The molecule has 0 aliphatic heterocycles. The van der Waals surface area contributed by atoms with E-state index in [1.54, 1.807) is 22.7 Å². The van der Waals surface area contributed by atoms with Crippen molar-refractivity contribution in [3.05, 3.63) is 51.7 Å². The van der Waals surface area contributed by atoms with E-state index in [0.717, 1.165) is 20.8 Å². The highest BCUT2D eigenvalue weighted by Gasteiger charge is 2.09. The van der Waals surface area contributed by atoms with E-state index in [2.05, 4.69) is 4.98 Å². The monoisotopic (exact) mass is 273 g/mol. The van der Waals surface area contributed by atoms with Crippen LogP contribution in [0, 0.1) is 0 Å². The van der Waals surface area contributed by atoms with Crippen LogP contribution in [0.25, 0.3) is 10.2 Å². The lowest BCUT2D eigenvalue weighted by Crippen LogP contribution is -2.05. The zero-order valence-corrected chi connectivity index (χ0v) is 11.3. The molecule has 0 unspecified atom stereocenters. The van der Waals surface area contributed by atoms with Crippen LogP contribution in [-0.2, 0) is 17.6 Å². The molecule has 0 bridgehead atoms. The number of aromatic nitrogens is 1. The van der Waals surface area contributed by atoms with Gasteiger partial charge in [-0.2, -0.15) is 11.3 Å². The standard InChI is InChI=1S/C14H11NOS2/c16-11(7-10-5-6-17-9-10)8-14-15-12-3-1-2-4-13(12)18-14/h1-6,9H,7-8H2. The van der Waals surface area contributed by atoms with Gasteiger partial charge in [-0.3, -0.25) is 4.79 Å². The molecule has 0 N–H and O–H groups in total. The van der Waals surface area contributed by atoms with Gasteiger partial charge < -0.3 is 0 Å². The minimum Gasteiger partial charge on any atom is -0.299 e. The molecule has 0 atom stereocenters. The first kappa shape index (κ1) is 11.6. The summed E-state index contributed by atoms with van der Waals surface area (Å²) in [6, 6.07) is 10.00. The summed E-state index contributed by atoms with van der Waals surface area (Å²) in [4.78, 5) is 16.4. The third kappa shape index (κ3) is 2.49. The molecule has 3 rings (SSSR count). The molecule has 3 aromatic rings. The number of thiazole rings is 1. The average Bonchev–Trinajstić information content (AvgIpc) is 2.96. The SMILES string of the molecule is O=C(Cc1ccsc1)Cc1nc2ccccc2s1. The molecule has 90 valence electrons. The summed E-state index contributed by atoms with van der Waals surface area (Å²) in [5.41, 5.74) is 2.09. The Balaban J connectivity index is 1.74. The van der Waals surface area contributed by atoms with E-state index in [1.807, 2.05) is 41.1 Å². The van der Waals surface area contributed by atoms with E-state index in [9.17, 15) is 4.79 Å². The third-order valence-electron chi connectivity index (χ3n) is 2.67. The predicted octanol–water partition coefficient (Wildman–Crippen LogP) is 3.71. The van der Waals surface area contributed by atoms with Gasteiger partial charge in [0.25, 0.3) is 0 Å². The molecule has 0 saturated carbocycles. The van der Waals surface area contributed by atoms with Crippen LogP contribution in [0.5, 0.6) is 0 Å². The number of hydrogen-bond acceptors (Lipinski definition) is 4. The second-order valence-electron chi connectivity index (χ2n) is 4.10. The Bertz CT molecular complexity index is 637. The fourth-order valence-electron chi connectivity index (χ4n) is 1.85. The number of hydrogen-bond donors (Lipinski definition) is 0. The van der Waals surface area contributed by atoms with Crippen LogP contribution in [-0.4, -0.2) is 10.8 Å². The molecular weight excluding hydrogens is 262 g/mol. The van der Waals surface area contributed by atoms with Crippen molar-refractivity contribution in [2.45, 2.75) is 12.8 Å². The summed E-state index contributed by atoms with van der Waals surface area (Å²) < 4.78 is 1.15. The zero-order chi connectivity index (χ0) is 12.4. The molecule has 2 heterocycles. The summed E-state index contributed by atoms with van der Waals surface area (Å²) in [6.45, 7) is 0. The van der Waals surface area contributed by atoms with Crippen molar-refractivity contribution in [1.29, 1.82) is 0 Å². The Morgan fingerprint density at radius 2 is 2.06 bits per heavy atom. The van der Waals surface area contributed by atoms with Crippen molar-refractivity contribution in [3.63, 3.8) is 0 Å². The Kier molecular flexibility index (Phi) is 3.21. The van der Waals surface area contributed by atoms with E-state index >= 15 is 0 Å². The summed E-state index contributed by atoms with van der Waals surface area (Å²) in [5.74, 6) is 0.229. The first-order chi connectivity index (χ1) is 8.81. The van der Waals surface area contributed by atoms with E-state index in [-0.39, 0.29) is 5.78 Å². The van der Waals surface area contributed by atoms with E-state index < -0.39 is 0 Å². The number of carbonyl (C=O) groups is 1. The van der Waals surface area contributed by atoms with Gasteiger partial charge in [0, 0.05) is 6.42 Å². The molecule has 0 aliphatic rings. The molecule has 0 radical (unpaired) electrons. The molecule has 2 aromatic heterocycles. The molecule has 0 spiro atoms. The topological polar surface area (TPSA) is 30.0 Å². The molecule has 0 saturated heterocycles. The summed E-state index contributed by atoms with van der Waals surface area (Å²) in [5, 5.41) is 4.94. The van der Waals surface area contributed by atoms with Gasteiger partial charge in [-0.25, -0.2) is 4.98 Å². The van der Waals surface area contributed by atoms with Crippen LogP contribution in [0.15, 0.2) is 41.1 Å². The van der Waals surface area contributed by atoms with Gasteiger partial charge in [0.15, 0.2) is 0 Å². The van der Waals surface area contributed by atoms with Gasteiger partial charge >= 0.3 is 0 Å². The molecule has 2 nitrogen and oxygen atoms in total. The highest BCUT2D eigenvalue weighted by Crippen LogP contribution is 2.22. The number of para-hydroxylation sites is 1. The Morgan fingerprint density at radius 3 is 2.83 bits per heavy atom. The van der Waals surface area contributed by atoms with Gasteiger partial charge in [0.2, 0.25) is 0 Å². The quantitative estimate of drug-likeness (QED) is 0.725. The molecular formula is C14H11NOS2. The summed E-state index contributed by atoms with van der Waals surface area (Å²) >= 11 is 3.24. The van der Waals surface area contributed by atoms with Gasteiger partial charge in [0.05, 0.1) is 16.6 Å². The van der Waals surface area contributed by atoms with Crippen LogP contribution >= 0.6 is 22.7 Å². The highest BCUT2D eigenvalue weighted by molar-refractivity contribution is 7.18. The van der Waals surface area contributed by atoms with E-state index in [1.165, 1.54) is 0 Å². The fraction of sp³-hybridized carbons (Fsp3) is 0.143. The minimum absolute atomic E-state index is 0.229. The van der Waals surface area contributed by atoms with Crippen molar-refractivity contribution in [3.8, 4) is 0 Å². The molecule has 0 aliphatic carbocycles. The minimum atomic E-state index is 0.229. The first-order valence-electron chi connectivity index (χ1n) is 5.68. The lowest BCUT2D eigenvalue weighted by Gasteiger charge is -1.95. The second kappa shape index (κ2) is 5.00. The van der Waals surface area contributed by atoms with Crippen molar-refractivity contribution in [2.75, 3.05) is 0 Å². The Morgan fingerprint density at radius 1 is 1.17 bits per heavy atom. The molecule has 4 heteroatoms. The van der Waals surface area contributed by atoms with Gasteiger partial charge in [-0.15, -0.1) is 11.3 Å². The number of fused-ring (bicyclic) bond motifs is 1. The zero-order valence-electron chi connectivity index (χ0n) is 9.63.